The van der Waals surface area contributed by atoms with E-state index in [0.717, 1.165) is 11.8 Å². The van der Waals surface area contributed by atoms with Crippen LogP contribution in [0.3, 0.4) is 0 Å². The highest BCUT2D eigenvalue weighted by molar-refractivity contribution is 7.91. The molecule has 1 amide bonds. The third-order valence-electron chi connectivity index (χ3n) is 5.08. The zero-order valence-corrected chi connectivity index (χ0v) is 18.7. The Morgan fingerprint density at radius 1 is 1.10 bits per heavy atom. The van der Waals surface area contributed by atoms with Gasteiger partial charge in [-0.25, -0.2) is 16.8 Å². The second kappa shape index (κ2) is 8.55. The van der Waals surface area contributed by atoms with Gasteiger partial charge in [0.1, 0.15) is 4.21 Å². The summed E-state index contributed by atoms with van der Waals surface area (Å²) in [5, 5.41) is 4.68. The lowest BCUT2D eigenvalue weighted by Gasteiger charge is -2.30. The number of nitrogens with one attached hydrogen (secondary N) is 1. The molecule has 10 heteroatoms. The number of sulfonamides is 1. The first-order valence-corrected chi connectivity index (χ1v) is 13.4. The van der Waals surface area contributed by atoms with Crippen LogP contribution in [0.25, 0.3) is 0 Å². The van der Waals surface area contributed by atoms with Crippen LogP contribution < -0.4 is 5.32 Å². The van der Waals surface area contributed by atoms with E-state index >= 15 is 0 Å². The predicted octanol–water partition coefficient (Wildman–Crippen LogP) is 2.43. The number of hydrogen-bond acceptors (Lipinski definition) is 6. The summed E-state index contributed by atoms with van der Waals surface area (Å²) in [7, 11) is -6.74. The Morgan fingerprint density at radius 3 is 2.24 bits per heavy atom. The highest BCUT2D eigenvalue weighted by Gasteiger charge is 2.32. The van der Waals surface area contributed by atoms with E-state index in [1.807, 2.05) is 6.92 Å². The maximum atomic E-state index is 12.6. The number of carbonyl (C=O) groups excluding carboxylic acids is 1. The molecule has 1 saturated heterocycles. The Hall–Kier alpha value is -1.75. The lowest BCUT2D eigenvalue weighted by atomic mass is 9.96. The second-order valence-electron chi connectivity index (χ2n) is 7.18. The van der Waals surface area contributed by atoms with Gasteiger partial charge in [-0.15, -0.1) is 11.3 Å². The molecule has 0 bridgehead atoms. The van der Waals surface area contributed by atoms with Crippen molar-refractivity contribution in [2.75, 3.05) is 19.3 Å². The molecule has 1 aliphatic rings. The maximum absolute atomic E-state index is 12.6. The molecule has 1 aliphatic heterocycles. The average Bonchev–Trinajstić information content (AvgIpc) is 3.23. The Bertz CT molecular complexity index is 1050. The van der Waals surface area contributed by atoms with Crippen molar-refractivity contribution < 1.29 is 21.6 Å². The fourth-order valence-electron chi connectivity index (χ4n) is 3.31. The minimum Gasteiger partial charge on any atom is -0.349 e. The summed E-state index contributed by atoms with van der Waals surface area (Å²) >= 11 is 1.19. The molecule has 2 aromatic rings. The molecule has 7 nitrogen and oxygen atoms in total. The van der Waals surface area contributed by atoms with Crippen molar-refractivity contribution in [1.29, 1.82) is 0 Å². The molecule has 2 heterocycles. The summed E-state index contributed by atoms with van der Waals surface area (Å²) in [5.41, 5.74) is 0.809. The number of amides is 1. The van der Waals surface area contributed by atoms with E-state index in [0.29, 0.717) is 30.1 Å². The van der Waals surface area contributed by atoms with Gasteiger partial charge in [-0.3, -0.25) is 4.79 Å². The van der Waals surface area contributed by atoms with Gasteiger partial charge in [-0.05, 0) is 48.9 Å². The standard InChI is InChI=1S/C19H24N2O5S3/c1-14(15-5-7-17(8-6-15)28(2,23)24)20-19(22)16-9-11-21(12-10-16)29(25,26)18-4-3-13-27-18/h3-8,13-14,16H,9-12H2,1-2H3,(H,20,22)/t14-/m0/s1. The Balaban J connectivity index is 1.57. The number of carbonyl (C=O) groups is 1. The molecule has 0 spiro atoms. The zero-order chi connectivity index (χ0) is 21.2. The maximum Gasteiger partial charge on any atom is 0.252 e. The van der Waals surface area contributed by atoms with Crippen molar-refractivity contribution in [3.63, 3.8) is 0 Å². The highest BCUT2D eigenvalue weighted by Crippen LogP contribution is 2.27. The van der Waals surface area contributed by atoms with Crippen molar-refractivity contribution in [3.05, 3.63) is 47.3 Å². The van der Waals surface area contributed by atoms with Gasteiger partial charge in [-0.2, -0.15) is 4.31 Å². The Kier molecular flexibility index (Phi) is 6.47. The van der Waals surface area contributed by atoms with Crippen LogP contribution in [-0.4, -0.2) is 46.4 Å². The van der Waals surface area contributed by atoms with Gasteiger partial charge in [-0.1, -0.05) is 18.2 Å². The number of rotatable bonds is 6. The zero-order valence-electron chi connectivity index (χ0n) is 16.2. The van der Waals surface area contributed by atoms with Crippen molar-refractivity contribution in [3.8, 4) is 0 Å². The quantitative estimate of drug-likeness (QED) is 0.720. The first kappa shape index (κ1) is 21.9. The molecule has 1 N–H and O–H groups in total. The fourth-order valence-corrected chi connectivity index (χ4v) is 6.56. The normalized spacial score (nSPS) is 17.7. The van der Waals surface area contributed by atoms with Crippen LogP contribution in [0.1, 0.15) is 31.4 Å². The molecule has 1 aromatic heterocycles. The number of hydrogen-bond donors (Lipinski definition) is 1. The average molecular weight is 457 g/mol. The van der Waals surface area contributed by atoms with Crippen LogP contribution in [0, 0.1) is 5.92 Å². The molecule has 0 radical (unpaired) electrons. The summed E-state index contributed by atoms with van der Waals surface area (Å²) in [4.78, 5) is 12.9. The third-order valence-corrected chi connectivity index (χ3v) is 9.48. The minimum atomic E-state index is -3.48. The van der Waals surface area contributed by atoms with E-state index in [9.17, 15) is 21.6 Å². The van der Waals surface area contributed by atoms with Gasteiger partial charge in [0.15, 0.2) is 9.84 Å². The monoisotopic (exact) mass is 456 g/mol. The smallest absolute Gasteiger partial charge is 0.252 e. The van der Waals surface area contributed by atoms with Crippen molar-refractivity contribution in [2.45, 2.75) is 34.9 Å². The highest BCUT2D eigenvalue weighted by atomic mass is 32.2. The predicted molar refractivity (Wildman–Crippen MR) is 112 cm³/mol. The molecule has 0 saturated carbocycles. The summed E-state index contributed by atoms with van der Waals surface area (Å²) in [5.74, 6) is -0.361. The summed E-state index contributed by atoms with van der Waals surface area (Å²) < 4.78 is 50.0. The Labute approximate surface area is 175 Å². The number of thiophene rings is 1. The third kappa shape index (κ3) is 5.06. The summed E-state index contributed by atoms with van der Waals surface area (Å²) in [6.45, 7) is 2.47. The second-order valence-corrected chi connectivity index (χ2v) is 12.3. The van der Waals surface area contributed by atoms with E-state index in [1.54, 1.807) is 29.6 Å². The van der Waals surface area contributed by atoms with Crippen molar-refractivity contribution in [1.82, 2.24) is 9.62 Å². The van der Waals surface area contributed by atoms with Crippen LogP contribution in [0.5, 0.6) is 0 Å². The van der Waals surface area contributed by atoms with Gasteiger partial charge in [0, 0.05) is 25.3 Å². The lowest BCUT2D eigenvalue weighted by molar-refractivity contribution is -0.126. The molecular weight excluding hydrogens is 432 g/mol. The molecule has 29 heavy (non-hydrogen) atoms. The molecule has 158 valence electrons. The first-order chi connectivity index (χ1) is 13.6. The molecule has 1 atom stereocenters. The molecule has 1 fully saturated rings. The van der Waals surface area contributed by atoms with Crippen molar-refractivity contribution >= 4 is 37.1 Å². The van der Waals surface area contributed by atoms with Gasteiger partial charge in [0.2, 0.25) is 5.91 Å². The SMILES string of the molecule is C[C@H](NC(=O)C1CCN(S(=O)(=O)c2cccs2)CC1)c1ccc(S(C)(=O)=O)cc1. The van der Waals surface area contributed by atoms with E-state index in [1.165, 1.54) is 27.8 Å². The number of nitrogens with zero attached hydrogens (tertiary/aromatic N) is 1. The van der Waals surface area contributed by atoms with Crippen LogP contribution in [-0.2, 0) is 24.7 Å². The van der Waals surface area contributed by atoms with Gasteiger partial charge in [0.25, 0.3) is 10.0 Å². The van der Waals surface area contributed by atoms with E-state index in [2.05, 4.69) is 5.32 Å². The molecular formula is C19H24N2O5S3. The number of sulfone groups is 1. The van der Waals surface area contributed by atoms with Crippen LogP contribution in [0.4, 0.5) is 0 Å². The fraction of sp³-hybridized carbons (Fsp3) is 0.421. The van der Waals surface area contributed by atoms with E-state index < -0.39 is 19.9 Å². The number of piperidine rings is 1. The Morgan fingerprint density at radius 2 is 1.72 bits per heavy atom. The lowest BCUT2D eigenvalue weighted by Crippen LogP contribution is -2.43. The van der Waals surface area contributed by atoms with Gasteiger partial charge in [0.05, 0.1) is 10.9 Å². The van der Waals surface area contributed by atoms with E-state index in [4.69, 9.17) is 0 Å². The van der Waals surface area contributed by atoms with Gasteiger partial charge < -0.3 is 5.32 Å². The van der Waals surface area contributed by atoms with Gasteiger partial charge >= 0.3 is 0 Å². The largest absolute Gasteiger partial charge is 0.349 e. The minimum absolute atomic E-state index is 0.113. The first-order valence-electron chi connectivity index (χ1n) is 9.23. The van der Waals surface area contributed by atoms with E-state index in [-0.39, 0.29) is 22.8 Å². The van der Waals surface area contributed by atoms with Crippen LogP contribution >= 0.6 is 11.3 Å². The van der Waals surface area contributed by atoms with Crippen LogP contribution in [0.2, 0.25) is 0 Å². The topological polar surface area (TPSA) is 101 Å². The molecule has 0 unspecified atom stereocenters. The summed E-state index contributed by atoms with van der Waals surface area (Å²) in [6, 6.07) is 9.47. The number of benzene rings is 1. The van der Waals surface area contributed by atoms with Crippen LogP contribution in [0.15, 0.2) is 50.9 Å². The molecule has 0 aliphatic carbocycles. The molecule has 1 aromatic carbocycles. The molecule has 3 rings (SSSR count). The summed E-state index contributed by atoms with van der Waals surface area (Å²) in [6.07, 6.45) is 2.09. The van der Waals surface area contributed by atoms with Crippen molar-refractivity contribution in [2.24, 2.45) is 5.92 Å².